The van der Waals surface area contributed by atoms with Gasteiger partial charge in [0.05, 0.1) is 6.04 Å². The van der Waals surface area contributed by atoms with Gasteiger partial charge in [-0.25, -0.2) is 4.79 Å². The number of carbonyl (C=O) groups is 2. The van der Waals surface area contributed by atoms with E-state index in [0.717, 1.165) is 24.8 Å². The van der Waals surface area contributed by atoms with Crippen LogP contribution in [0, 0.1) is 5.92 Å². The molecule has 0 spiro atoms. The monoisotopic (exact) mass is 391 g/mol. The number of amides is 3. The lowest BCUT2D eigenvalue weighted by Crippen LogP contribution is -2.41. The van der Waals surface area contributed by atoms with Crippen LogP contribution in [-0.2, 0) is 0 Å². The van der Waals surface area contributed by atoms with Crippen molar-refractivity contribution in [2.75, 3.05) is 18.9 Å². The normalized spacial score (nSPS) is 16.7. The van der Waals surface area contributed by atoms with E-state index in [1.54, 1.807) is 24.1 Å². The Morgan fingerprint density at radius 2 is 1.90 bits per heavy atom. The third-order valence-electron chi connectivity index (χ3n) is 5.48. The topological polar surface area (TPSA) is 61.4 Å². The average Bonchev–Trinajstić information content (AvgIpc) is 2.78. The molecule has 2 N–H and O–H groups in total. The lowest BCUT2D eigenvalue weighted by molar-refractivity contribution is 0.102. The largest absolute Gasteiger partial charge is 0.338 e. The molecule has 29 heavy (non-hydrogen) atoms. The molecular weight excluding hydrogens is 362 g/mol. The zero-order valence-electron chi connectivity index (χ0n) is 17.1. The summed E-state index contributed by atoms with van der Waals surface area (Å²) in [6.07, 6.45) is 7.65. The van der Waals surface area contributed by atoms with Crippen molar-refractivity contribution in [1.29, 1.82) is 0 Å². The number of nitrogens with zero attached hydrogens (tertiary/aromatic N) is 1. The maximum absolute atomic E-state index is 12.6. The molecule has 1 aliphatic carbocycles. The quantitative estimate of drug-likeness (QED) is 0.681. The Morgan fingerprint density at radius 1 is 1.10 bits per heavy atom. The molecule has 152 valence electrons. The molecule has 0 heterocycles. The predicted molar refractivity (Wildman–Crippen MR) is 117 cm³/mol. The van der Waals surface area contributed by atoms with Crippen molar-refractivity contribution in [1.82, 2.24) is 10.2 Å². The highest BCUT2D eigenvalue weighted by Gasteiger charge is 2.19. The van der Waals surface area contributed by atoms with Crippen LogP contribution in [0.5, 0.6) is 0 Å². The first kappa shape index (κ1) is 20.6. The number of urea groups is 1. The van der Waals surface area contributed by atoms with Gasteiger partial charge in [-0.2, -0.15) is 0 Å². The highest BCUT2D eigenvalue weighted by atomic mass is 16.2. The highest BCUT2D eigenvalue weighted by Crippen LogP contribution is 2.23. The molecule has 3 rings (SSSR count). The van der Waals surface area contributed by atoms with Crippen molar-refractivity contribution >= 4 is 17.6 Å². The van der Waals surface area contributed by atoms with Crippen molar-refractivity contribution in [2.45, 2.75) is 32.2 Å². The number of hydrogen-bond acceptors (Lipinski definition) is 2. The van der Waals surface area contributed by atoms with Gasteiger partial charge in [-0.05, 0) is 61.9 Å². The Labute approximate surface area is 172 Å². The minimum Gasteiger partial charge on any atom is -0.338 e. The molecule has 2 atom stereocenters. The predicted octanol–water partition coefficient (Wildman–Crippen LogP) is 5.00. The lowest BCUT2D eigenvalue weighted by atomic mass is 9.94. The van der Waals surface area contributed by atoms with Crippen LogP contribution in [0.4, 0.5) is 10.5 Å². The average molecular weight is 392 g/mol. The summed E-state index contributed by atoms with van der Waals surface area (Å²) in [7, 11) is 1.80. The maximum Gasteiger partial charge on any atom is 0.317 e. The summed E-state index contributed by atoms with van der Waals surface area (Å²) >= 11 is 0. The van der Waals surface area contributed by atoms with Crippen LogP contribution in [0.2, 0.25) is 0 Å². The van der Waals surface area contributed by atoms with E-state index in [0.29, 0.717) is 23.7 Å². The molecule has 0 saturated heterocycles. The molecule has 0 aliphatic heterocycles. The van der Waals surface area contributed by atoms with E-state index in [2.05, 4.69) is 22.8 Å². The minimum absolute atomic E-state index is 0.0780. The van der Waals surface area contributed by atoms with Crippen molar-refractivity contribution in [3.8, 4) is 0 Å². The van der Waals surface area contributed by atoms with Gasteiger partial charge in [-0.15, -0.1) is 0 Å². The second kappa shape index (κ2) is 9.92. The van der Waals surface area contributed by atoms with Crippen LogP contribution >= 0.6 is 0 Å². The van der Waals surface area contributed by atoms with E-state index >= 15 is 0 Å². The van der Waals surface area contributed by atoms with Gasteiger partial charge in [-0.3, -0.25) is 4.79 Å². The Balaban J connectivity index is 1.59. The fraction of sp³-hybridized carbons (Fsp3) is 0.333. The SMILES string of the molecule is C[C@@H](c1cccc(NC(=O)c2ccccc2)c1)N(C)C(=O)NC[C@H]1CC=CCC1. The highest BCUT2D eigenvalue weighted by molar-refractivity contribution is 6.04. The summed E-state index contributed by atoms with van der Waals surface area (Å²) in [5.41, 5.74) is 2.29. The van der Waals surface area contributed by atoms with Gasteiger partial charge >= 0.3 is 6.03 Å². The van der Waals surface area contributed by atoms with E-state index in [1.807, 2.05) is 49.4 Å². The number of hydrogen-bond donors (Lipinski definition) is 2. The third kappa shape index (κ3) is 5.70. The summed E-state index contributed by atoms with van der Waals surface area (Å²) in [5.74, 6) is 0.368. The Morgan fingerprint density at radius 3 is 2.62 bits per heavy atom. The third-order valence-corrected chi connectivity index (χ3v) is 5.48. The van der Waals surface area contributed by atoms with Crippen LogP contribution in [0.25, 0.3) is 0 Å². The summed E-state index contributed by atoms with van der Waals surface area (Å²) in [4.78, 5) is 26.7. The van der Waals surface area contributed by atoms with E-state index in [1.165, 1.54) is 0 Å². The van der Waals surface area contributed by atoms with Crippen LogP contribution < -0.4 is 10.6 Å². The summed E-state index contributed by atoms with van der Waals surface area (Å²) in [5, 5.41) is 5.98. The zero-order chi connectivity index (χ0) is 20.6. The Kier molecular flexibility index (Phi) is 7.06. The molecule has 5 nitrogen and oxygen atoms in total. The van der Waals surface area contributed by atoms with Gasteiger partial charge in [-0.1, -0.05) is 42.5 Å². The van der Waals surface area contributed by atoms with Gasteiger partial charge in [0.25, 0.3) is 5.91 Å². The number of rotatable bonds is 6. The molecule has 0 bridgehead atoms. The van der Waals surface area contributed by atoms with Crippen molar-refractivity contribution in [2.24, 2.45) is 5.92 Å². The summed E-state index contributed by atoms with van der Waals surface area (Å²) in [6.45, 7) is 2.69. The molecular formula is C24H29N3O2. The van der Waals surface area contributed by atoms with E-state index in [9.17, 15) is 9.59 Å². The minimum atomic E-state index is -0.150. The summed E-state index contributed by atoms with van der Waals surface area (Å²) < 4.78 is 0. The summed E-state index contributed by atoms with van der Waals surface area (Å²) in [6, 6.07) is 16.6. The second-order valence-corrected chi connectivity index (χ2v) is 7.57. The fourth-order valence-corrected chi connectivity index (χ4v) is 3.47. The van der Waals surface area contributed by atoms with Gasteiger partial charge in [0, 0.05) is 24.8 Å². The number of benzene rings is 2. The Bertz CT molecular complexity index is 863. The molecule has 0 radical (unpaired) electrons. The van der Waals surface area contributed by atoms with Gasteiger partial charge in [0.1, 0.15) is 0 Å². The second-order valence-electron chi connectivity index (χ2n) is 7.57. The number of nitrogens with one attached hydrogen (secondary N) is 2. The van der Waals surface area contributed by atoms with Crippen molar-refractivity contribution in [3.63, 3.8) is 0 Å². The van der Waals surface area contributed by atoms with Crippen LogP contribution in [0.3, 0.4) is 0 Å². The first-order valence-electron chi connectivity index (χ1n) is 10.2. The fourth-order valence-electron chi connectivity index (χ4n) is 3.47. The molecule has 0 saturated carbocycles. The molecule has 1 aliphatic rings. The number of allylic oxidation sites excluding steroid dienone is 2. The van der Waals surface area contributed by atoms with Crippen molar-refractivity contribution < 1.29 is 9.59 Å². The molecule has 3 amide bonds. The van der Waals surface area contributed by atoms with Gasteiger partial charge < -0.3 is 15.5 Å². The van der Waals surface area contributed by atoms with E-state index in [-0.39, 0.29) is 18.0 Å². The first-order valence-corrected chi connectivity index (χ1v) is 10.2. The molecule has 0 unspecified atom stereocenters. The molecule has 5 heteroatoms. The molecule has 2 aromatic carbocycles. The molecule has 2 aromatic rings. The lowest BCUT2D eigenvalue weighted by Gasteiger charge is -2.27. The smallest absolute Gasteiger partial charge is 0.317 e. The first-order chi connectivity index (χ1) is 14.0. The number of carbonyl (C=O) groups excluding carboxylic acids is 2. The van der Waals surface area contributed by atoms with Gasteiger partial charge in [0.15, 0.2) is 0 Å². The van der Waals surface area contributed by atoms with Crippen LogP contribution in [0.1, 0.15) is 48.1 Å². The van der Waals surface area contributed by atoms with Crippen LogP contribution in [0.15, 0.2) is 66.7 Å². The molecule has 0 fully saturated rings. The zero-order valence-corrected chi connectivity index (χ0v) is 17.1. The van der Waals surface area contributed by atoms with Crippen molar-refractivity contribution in [3.05, 3.63) is 77.9 Å². The molecule has 0 aromatic heterocycles. The van der Waals surface area contributed by atoms with E-state index < -0.39 is 0 Å². The van der Waals surface area contributed by atoms with E-state index in [4.69, 9.17) is 0 Å². The maximum atomic E-state index is 12.6. The Hall–Kier alpha value is -3.08. The standard InChI is InChI=1S/C24H29N3O2/c1-18(27(2)24(29)25-17-19-10-5-3-6-11-19)21-14-9-15-22(16-21)26-23(28)20-12-7-4-8-13-20/h3-5,7-9,12-16,18-19H,6,10-11,17H2,1-2H3,(H,25,29)(H,26,28)/t18-,19-/m0/s1. The number of anilines is 1. The van der Waals surface area contributed by atoms with Gasteiger partial charge in [0.2, 0.25) is 0 Å². The van der Waals surface area contributed by atoms with Crippen LogP contribution in [-0.4, -0.2) is 30.4 Å².